The van der Waals surface area contributed by atoms with Gasteiger partial charge in [-0.3, -0.25) is 9.59 Å². The Balaban J connectivity index is 1.53. The highest BCUT2D eigenvalue weighted by Crippen LogP contribution is 2.31. The van der Waals surface area contributed by atoms with Crippen molar-refractivity contribution in [3.05, 3.63) is 99.4 Å². The first-order valence-corrected chi connectivity index (χ1v) is 12.2. The second kappa shape index (κ2) is 10.4. The second-order valence-electron chi connectivity index (χ2n) is 8.77. The van der Waals surface area contributed by atoms with Crippen molar-refractivity contribution in [1.29, 1.82) is 0 Å². The number of carbonyl (C=O) groups excluding carboxylic acids is 1. The van der Waals surface area contributed by atoms with E-state index in [0.717, 1.165) is 18.4 Å². The Morgan fingerprint density at radius 3 is 2.51 bits per heavy atom. The number of anilines is 2. The first-order valence-electron chi connectivity index (χ1n) is 11.8. The Morgan fingerprint density at radius 2 is 1.81 bits per heavy atom. The lowest BCUT2D eigenvalue weighted by Gasteiger charge is -2.15. The molecule has 0 bridgehead atoms. The van der Waals surface area contributed by atoms with E-state index in [0.29, 0.717) is 33.5 Å². The van der Waals surface area contributed by atoms with Crippen molar-refractivity contribution in [3.63, 3.8) is 0 Å². The van der Waals surface area contributed by atoms with Crippen LogP contribution in [0.1, 0.15) is 28.8 Å². The molecule has 1 fully saturated rings. The van der Waals surface area contributed by atoms with Crippen LogP contribution in [0.3, 0.4) is 0 Å². The van der Waals surface area contributed by atoms with Gasteiger partial charge in [0.2, 0.25) is 0 Å². The summed E-state index contributed by atoms with van der Waals surface area (Å²) in [6, 6.07) is 19.4. The molecule has 1 aliphatic rings. The largest absolute Gasteiger partial charge is 0.497 e. The zero-order valence-corrected chi connectivity index (χ0v) is 21.1. The number of hydrogen-bond acceptors (Lipinski definition) is 6. The van der Waals surface area contributed by atoms with Gasteiger partial charge in [-0.15, -0.1) is 0 Å². The molecule has 1 saturated carbocycles. The van der Waals surface area contributed by atoms with Gasteiger partial charge in [0.15, 0.2) is 11.4 Å². The number of aryl methyl sites for hydroxylation is 1. The number of hydrogen-bond donors (Lipinski definition) is 2. The topological polar surface area (TPSA) is 94.5 Å². The molecule has 0 saturated heterocycles. The maximum atomic E-state index is 13.7. The number of benzene rings is 3. The van der Waals surface area contributed by atoms with Crippen LogP contribution < -0.4 is 25.7 Å². The van der Waals surface area contributed by atoms with Crippen molar-refractivity contribution in [2.75, 3.05) is 12.4 Å². The van der Waals surface area contributed by atoms with Gasteiger partial charge < -0.3 is 20.1 Å². The predicted octanol–water partition coefficient (Wildman–Crippen LogP) is 5.63. The minimum Gasteiger partial charge on any atom is -0.497 e. The SMILES string of the molecule is COc1ccc(-n2ncc(Oc3ccc(Cl)c(C)c3)c(Nc3cccc(C(=O)NC4CC4)c3)c2=O)cc1. The highest BCUT2D eigenvalue weighted by Gasteiger charge is 2.24. The molecule has 0 unspecified atom stereocenters. The van der Waals surface area contributed by atoms with E-state index < -0.39 is 5.56 Å². The highest BCUT2D eigenvalue weighted by molar-refractivity contribution is 6.31. The van der Waals surface area contributed by atoms with Crippen LogP contribution in [0.5, 0.6) is 17.2 Å². The van der Waals surface area contributed by atoms with Crippen molar-refractivity contribution in [1.82, 2.24) is 15.1 Å². The summed E-state index contributed by atoms with van der Waals surface area (Å²) < 4.78 is 12.6. The molecule has 1 amide bonds. The number of aromatic nitrogens is 2. The standard InChI is InChI=1S/C28H25ClN4O4/c1-17-14-23(12-13-24(17)29)37-25-16-30-33(21-8-10-22(36-2)11-9-21)28(35)26(25)31-20-5-3-4-18(15-20)27(34)32-19-6-7-19/h3-5,8-16,19,31H,6-7H2,1-2H3,(H,32,34). The summed E-state index contributed by atoms with van der Waals surface area (Å²) in [5.74, 6) is 1.24. The summed E-state index contributed by atoms with van der Waals surface area (Å²) in [5.41, 5.74) is 2.18. The molecule has 0 radical (unpaired) electrons. The molecule has 9 heteroatoms. The number of nitrogens with zero attached hydrogens (tertiary/aromatic N) is 2. The number of halogens is 1. The zero-order chi connectivity index (χ0) is 25.9. The predicted molar refractivity (Wildman–Crippen MR) is 143 cm³/mol. The van der Waals surface area contributed by atoms with Crippen LogP contribution in [0.2, 0.25) is 5.02 Å². The smallest absolute Gasteiger partial charge is 0.299 e. The van der Waals surface area contributed by atoms with Crippen molar-refractivity contribution in [3.8, 4) is 22.9 Å². The van der Waals surface area contributed by atoms with E-state index >= 15 is 0 Å². The molecule has 5 rings (SSSR count). The summed E-state index contributed by atoms with van der Waals surface area (Å²) >= 11 is 6.16. The fourth-order valence-corrected chi connectivity index (χ4v) is 3.84. The summed E-state index contributed by atoms with van der Waals surface area (Å²) in [7, 11) is 1.57. The third kappa shape index (κ3) is 5.59. The molecular weight excluding hydrogens is 492 g/mol. The average Bonchev–Trinajstić information content (AvgIpc) is 3.73. The number of amides is 1. The maximum absolute atomic E-state index is 13.7. The lowest BCUT2D eigenvalue weighted by Crippen LogP contribution is -2.25. The van der Waals surface area contributed by atoms with Crippen molar-refractivity contribution >= 4 is 28.9 Å². The third-order valence-electron chi connectivity index (χ3n) is 5.92. The fourth-order valence-electron chi connectivity index (χ4n) is 3.72. The monoisotopic (exact) mass is 516 g/mol. The molecule has 0 atom stereocenters. The number of ether oxygens (including phenoxy) is 2. The first kappa shape index (κ1) is 24.4. The van der Waals surface area contributed by atoms with Gasteiger partial charge in [0, 0.05) is 22.3 Å². The number of rotatable bonds is 8. The number of methoxy groups -OCH3 is 1. The third-order valence-corrected chi connectivity index (χ3v) is 6.35. The van der Waals surface area contributed by atoms with E-state index in [1.807, 2.05) is 6.92 Å². The Labute approximate surface area is 218 Å². The molecule has 8 nitrogen and oxygen atoms in total. The molecular formula is C28H25ClN4O4. The fraction of sp³-hybridized carbons (Fsp3) is 0.179. The normalized spacial score (nSPS) is 12.6. The second-order valence-corrected chi connectivity index (χ2v) is 9.17. The molecule has 1 aliphatic carbocycles. The molecule has 3 aromatic carbocycles. The lowest BCUT2D eigenvalue weighted by atomic mass is 10.2. The van der Waals surface area contributed by atoms with Crippen LogP contribution in [-0.4, -0.2) is 28.8 Å². The minimum atomic E-state index is -0.429. The van der Waals surface area contributed by atoms with Crippen LogP contribution in [0.15, 0.2) is 77.7 Å². The van der Waals surface area contributed by atoms with Gasteiger partial charge in [0.25, 0.3) is 11.5 Å². The van der Waals surface area contributed by atoms with E-state index in [-0.39, 0.29) is 23.4 Å². The molecule has 0 spiro atoms. The van der Waals surface area contributed by atoms with Crippen molar-refractivity contribution in [2.24, 2.45) is 0 Å². The highest BCUT2D eigenvalue weighted by atomic mass is 35.5. The van der Waals surface area contributed by atoms with Crippen LogP contribution in [0.4, 0.5) is 11.4 Å². The summed E-state index contributed by atoms with van der Waals surface area (Å²) in [6.07, 6.45) is 3.47. The van der Waals surface area contributed by atoms with E-state index in [9.17, 15) is 9.59 Å². The van der Waals surface area contributed by atoms with Crippen molar-refractivity contribution in [2.45, 2.75) is 25.8 Å². The van der Waals surface area contributed by atoms with E-state index in [2.05, 4.69) is 15.7 Å². The van der Waals surface area contributed by atoms with E-state index in [4.69, 9.17) is 21.1 Å². The quantitative estimate of drug-likeness (QED) is 0.315. The maximum Gasteiger partial charge on any atom is 0.299 e. The minimum absolute atomic E-state index is 0.148. The Morgan fingerprint density at radius 1 is 1.05 bits per heavy atom. The van der Waals surface area contributed by atoms with Gasteiger partial charge in [-0.2, -0.15) is 9.78 Å². The summed E-state index contributed by atoms with van der Waals surface area (Å²) in [6.45, 7) is 1.87. The summed E-state index contributed by atoms with van der Waals surface area (Å²) in [5, 5.41) is 11.1. The molecule has 0 aliphatic heterocycles. The van der Waals surface area contributed by atoms with Gasteiger partial charge in [-0.25, -0.2) is 0 Å². The van der Waals surface area contributed by atoms with Crippen molar-refractivity contribution < 1.29 is 14.3 Å². The van der Waals surface area contributed by atoms with Gasteiger partial charge >= 0.3 is 0 Å². The number of nitrogens with one attached hydrogen (secondary N) is 2. The first-order chi connectivity index (χ1) is 17.9. The van der Waals surface area contributed by atoms with Gasteiger partial charge in [-0.1, -0.05) is 17.7 Å². The van der Waals surface area contributed by atoms with Gasteiger partial charge in [0.1, 0.15) is 11.5 Å². The Kier molecular flexibility index (Phi) is 6.83. The lowest BCUT2D eigenvalue weighted by molar-refractivity contribution is 0.0951. The Hall–Kier alpha value is -4.30. The van der Waals surface area contributed by atoms with E-state index in [1.54, 1.807) is 73.8 Å². The van der Waals surface area contributed by atoms with Crippen LogP contribution in [0, 0.1) is 6.92 Å². The zero-order valence-electron chi connectivity index (χ0n) is 20.3. The molecule has 1 aromatic heterocycles. The Bertz CT molecular complexity index is 1510. The van der Waals surface area contributed by atoms with Crippen LogP contribution in [0.25, 0.3) is 5.69 Å². The molecule has 1 heterocycles. The van der Waals surface area contributed by atoms with Gasteiger partial charge in [0.05, 0.1) is 19.0 Å². The molecule has 37 heavy (non-hydrogen) atoms. The number of carbonyl (C=O) groups is 1. The molecule has 2 N–H and O–H groups in total. The molecule has 188 valence electrons. The van der Waals surface area contributed by atoms with Gasteiger partial charge in [-0.05, 0) is 86.0 Å². The average molecular weight is 517 g/mol. The summed E-state index contributed by atoms with van der Waals surface area (Å²) in [4.78, 5) is 26.2. The van der Waals surface area contributed by atoms with Crippen LogP contribution in [-0.2, 0) is 0 Å². The molecule has 4 aromatic rings. The van der Waals surface area contributed by atoms with E-state index in [1.165, 1.54) is 10.9 Å². The van der Waals surface area contributed by atoms with Crippen LogP contribution >= 0.6 is 11.6 Å².